The normalized spacial score (nSPS) is 10.0. The van der Waals surface area contributed by atoms with Crippen molar-refractivity contribution >= 4 is 29.1 Å². The van der Waals surface area contributed by atoms with Crippen LogP contribution < -0.4 is 10.1 Å². The van der Waals surface area contributed by atoms with Crippen LogP contribution in [0.4, 0.5) is 5.69 Å². The summed E-state index contributed by atoms with van der Waals surface area (Å²) in [5.74, 6) is 0.731. The van der Waals surface area contributed by atoms with Crippen molar-refractivity contribution in [2.75, 3.05) is 18.7 Å². The fourth-order valence-corrected chi connectivity index (χ4v) is 2.86. The summed E-state index contributed by atoms with van der Waals surface area (Å²) in [6, 6.07) is 13.5. The van der Waals surface area contributed by atoms with Crippen molar-refractivity contribution in [1.82, 2.24) is 0 Å². The Morgan fingerprint density at radius 1 is 1.29 bits per heavy atom. The summed E-state index contributed by atoms with van der Waals surface area (Å²) in [6.07, 6.45) is 1.96. The van der Waals surface area contributed by atoms with E-state index in [2.05, 4.69) is 11.4 Å². The molecule has 2 rings (SSSR count). The van der Waals surface area contributed by atoms with Crippen LogP contribution in [0, 0.1) is 11.3 Å². The van der Waals surface area contributed by atoms with Crippen LogP contribution >= 0.6 is 23.4 Å². The molecule has 2 aromatic rings. The van der Waals surface area contributed by atoms with Gasteiger partial charge in [0.1, 0.15) is 11.8 Å². The van der Waals surface area contributed by atoms with Crippen molar-refractivity contribution in [3.8, 4) is 11.8 Å². The molecule has 0 spiro atoms. The number of halogens is 1. The van der Waals surface area contributed by atoms with E-state index in [0.29, 0.717) is 17.1 Å². The quantitative estimate of drug-likeness (QED) is 0.821. The summed E-state index contributed by atoms with van der Waals surface area (Å²) in [6.45, 7) is 0.495. The zero-order chi connectivity index (χ0) is 15.2. The van der Waals surface area contributed by atoms with E-state index in [1.807, 2.05) is 42.7 Å². The molecule has 0 saturated carbocycles. The molecule has 0 amide bonds. The number of nitrogens with one attached hydrogen (secondary N) is 1. The first-order chi connectivity index (χ1) is 10.2. The highest BCUT2D eigenvalue weighted by atomic mass is 35.5. The molecule has 21 heavy (non-hydrogen) atoms. The molecule has 0 aliphatic heterocycles. The number of hydrogen-bond acceptors (Lipinski definition) is 4. The molecule has 0 aromatic heterocycles. The maximum absolute atomic E-state index is 9.33. The van der Waals surface area contributed by atoms with Crippen molar-refractivity contribution in [3.05, 3.63) is 52.5 Å². The van der Waals surface area contributed by atoms with E-state index in [0.717, 1.165) is 21.9 Å². The van der Waals surface area contributed by atoms with Gasteiger partial charge in [-0.05, 0) is 30.5 Å². The van der Waals surface area contributed by atoms with Crippen molar-refractivity contribution in [1.29, 1.82) is 5.26 Å². The average molecular weight is 319 g/mol. The molecule has 5 heteroatoms. The third kappa shape index (κ3) is 3.44. The van der Waals surface area contributed by atoms with Crippen molar-refractivity contribution in [3.63, 3.8) is 0 Å². The number of hydrogen-bond donors (Lipinski definition) is 1. The molecule has 0 aliphatic carbocycles. The second-order valence-electron chi connectivity index (χ2n) is 4.27. The van der Waals surface area contributed by atoms with Crippen LogP contribution in [-0.2, 0) is 6.54 Å². The van der Waals surface area contributed by atoms with Crippen LogP contribution in [0.1, 0.15) is 11.1 Å². The lowest BCUT2D eigenvalue weighted by Crippen LogP contribution is -2.04. The van der Waals surface area contributed by atoms with Gasteiger partial charge in [0, 0.05) is 22.0 Å². The minimum Gasteiger partial charge on any atom is -0.496 e. The van der Waals surface area contributed by atoms with Crippen LogP contribution in [-0.4, -0.2) is 13.4 Å². The lowest BCUT2D eigenvalue weighted by Gasteiger charge is -2.14. The van der Waals surface area contributed by atoms with Crippen LogP contribution in [0.2, 0.25) is 5.02 Å². The van der Waals surface area contributed by atoms with Gasteiger partial charge in [0.25, 0.3) is 0 Å². The molecule has 0 bridgehead atoms. The SMILES string of the molecule is COc1cccc(Cl)c1CNc1cccc(SC)c1C#N. The highest BCUT2D eigenvalue weighted by Crippen LogP contribution is 2.30. The van der Waals surface area contributed by atoms with Crippen molar-refractivity contribution in [2.45, 2.75) is 11.4 Å². The lowest BCUT2D eigenvalue weighted by atomic mass is 10.1. The minimum atomic E-state index is 0.495. The van der Waals surface area contributed by atoms with Crippen LogP contribution in [0.15, 0.2) is 41.3 Å². The molecule has 0 unspecified atom stereocenters. The molecule has 0 heterocycles. The molecular formula is C16H15ClN2OS. The zero-order valence-electron chi connectivity index (χ0n) is 11.8. The van der Waals surface area contributed by atoms with Gasteiger partial charge < -0.3 is 10.1 Å². The van der Waals surface area contributed by atoms with Gasteiger partial charge in [-0.1, -0.05) is 23.7 Å². The number of anilines is 1. The molecular weight excluding hydrogens is 304 g/mol. The van der Waals surface area contributed by atoms with Gasteiger partial charge in [-0.15, -0.1) is 11.8 Å². The first-order valence-corrected chi connectivity index (χ1v) is 7.94. The molecule has 0 radical (unpaired) electrons. The van der Waals surface area contributed by atoms with Crippen molar-refractivity contribution < 1.29 is 4.74 Å². The van der Waals surface area contributed by atoms with Gasteiger partial charge in [0.15, 0.2) is 0 Å². The summed E-state index contributed by atoms with van der Waals surface area (Å²) in [5.41, 5.74) is 2.32. The van der Waals surface area contributed by atoms with Gasteiger partial charge >= 0.3 is 0 Å². The van der Waals surface area contributed by atoms with Crippen LogP contribution in [0.3, 0.4) is 0 Å². The Morgan fingerprint density at radius 2 is 2.05 bits per heavy atom. The van der Waals surface area contributed by atoms with Gasteiger partial charge in [0.05, 0.1) is 18.4 Å². The molecule has 0 atom stereocenters. The Balaban J connectivity index is 2.28. The molecule has 3 nitrogen and oxygen atoms in total. The summed E-state index contributed by atoms with van der Waals surface area (Å²) < 4.78 is 5.32. The second-order valence-corrected chi connectivity index (χ2v) is 5.52. The predicted molar refractivity (Wildman–Crippen MR) is 88.3 cm³/mol. The average Bonchev–Trinajstić information content (AvgIpc) is 2.52. The van der Waals surface area contributed by atoms with Gasteiger partial charge in [-0.3, -0.25) is 0 Å². The highest BCUT2D eigenvalue weighted by molar-refractivity contribution is 7.98. The molecule has 0 saturated heterocycles. The molecule has 108 valence electrons. The first kappa shape index (κ1) is 15.6. The standard InChI is InChI=1S/C16H15ClN2OS/c1-20-15-7-3-5-13(17)12(15)10-19-14-6-4-8-16(21-2)11(14)9-18/h3-8,19H,10H2,1-2H3. The number of nitrogens with zero attached hydrogens (tertiary/aromatic N) is 1. The largest absolute Gasteiger partial charge is 0.496 e. The maximum atomic E-state index is 9.33. The van der Waals surface area contributed by atoms with Crippen LogP contribution in [0.5, 0.6) is 5.75 Å². The van der Waals surface area contributed by atoms with E-state index in [1.165, 1.54) is 0 Å². The molecule has 1 N–H and O–H groups in total. The maximum Gasteiger partial charge on any atom is 0.125 e. The third-order valence-corrected chi connectivity index (χ3v) is 4.24. The Bertz CT molecular complexity index is 682. The van der Waals surface area contributed by atoms with E-state index in [4.69, 9.17) is 16.3 Å². The van der Waals surface area contributed by atoms with E-state index >= 15 is 0 Å². The van der Waals surface area contributed by atoms with Gasteiger partial charge in [-0.25, -0.2) is 0 Å². The van der Waals surface area contributed by atoms with Gasteiger partial charge in [0.2, 0.25) is 0 Å². The van der Waals surface area contributed by atoms with E-state index < -0.39 is 0 Å². The Hall–Kier alpha value is -1.83. The molecule has 0 aliphatic rings. The number of thioether (sulfide) groups is 1. The summed E-state index contributed by atoms with van der Waals surface area (Å²) in [7, 11) is 1.62. The minimum absolute atomic E-state index is 0.495. The van der Waals surface area contributed by atoms with E-state index in [-0.39, 0.29) is 0 Å². The zero-order valence-corrected chi connectivity index (χ0v) is 13.4. The second kappa shape index (κ2) is 7.26. The monoisotopic (exact) mass is 318 g/mol. The summed E-state index contributed by atoms with van der Waals surface area (Å²) in [4.78, 5) is 0.952. The predicted octanol–water partition coefficient (Wildman–Crippen LogP) is 4.55. The fraction of sp³-hybridized carbons (Fsp3) is 0.188. The number of benzene rings is 2. The van der Waals surface area contributed by atoms with E-state index in [1.54, 1.807) is 18.9 Å². The van der Waals surface area contributed by atoms with Crippen LogP contribution in [0.25, 0.3) is 0 Å². The fourth-order valence-electron chi connectivity index (χ4n) is 2.05. The smallest absolute Gasteiger partial charge is 0.125 e. The summed E-state index contributed by atoms with van der Waals surface area (Å²) in [5, 5.41) is 13.2. The Labute approximate surface area is 133 Å². The molecule has 2 aromatic carbocycles. The Morgan fingerprint density at radius 3 is 2.71 bits per heavy atom. The number of ether oxygens (including phenoxy) is 1. The molecule has 0 fully saturated rings. The lowest BCUT2D eigenvalue weighted by molar-refractivity contribution is 0.410. The number of nitriles is 1. The first-order valence-electron chi connectivity index (χ1n) is 6.33. The number of methoxy groups -OCH3 is 1. The van der Waals surface area contributed by atoms with Crippen molar-refractivity contribution in [2.24, 2.45) is 0 Å². The Kier molecular flexibility index (Phi) is 5.38. The van der Waals surface area contributed by atoms with Gasteiger partial charge in [-0.2, -0.15) is 5.26 Å². The highest BCUT2D eigenvalue weighted by Gasteiger charge is 2.10. The summed E-state index contributed by atoms with van der Waals surface area (Å²) >= 11 is 7.77. The third-order valence-electron chi connectivity index (χ3n) is 3.11. The van der Waals surface area contributed by atoms with E-state index in [9.17, 15) is 5.26 Å². The number of rotatable bonds is 5. The topological polar surface area (TPSA) is 45.0 Å².